The summed E-state index contributed by atoms with van der Waals surface area (Å²) in [4.78, 5) is -1.10. The molecule has 0 aromatic heterocycles. The van der Waals surface area contributed by atoms with Gasteiger partial charge in [-0.15, -0.1) is 20.7 Å². The fourth-order valence-corrected chi connectivity index (χ4v) is 5.87. The summed E-state index contributed by atoms with van der Waals surface area (Å²) in [5.41, 5.74) is 11.6. The molecule has 0 amide bonds. The number of hydrogen-bond acceptors (Lipinski definition) is 20. The summed E-state index contributed by atoms with van der Waals surface area (Å²) in [7, 11) is -9.66. The smallest absolute Gasteiger partial charge is 0.295 e. The molecule has 22 nitrogen and oxygen atoms in total. The average molecular weight is 769 g/mol. The van der Waals surface area contributed by atoms with E-state index in [0.29, 0.717) is 23.3 Å². The molecule has 0 aliphatic carbocycles. The second kappa shape index (κ2) is 18.2. The lowest BCUT2D eigenvalue weighted by molar-refractivity contribution is 0.248. The number of nitrogens with one attached hydrogen (secondary N) is 8. The zero-order valence-corrected chi connectivity index (χ0v) is 29.0. The van der Waals surface area contributed by atoms with E-state index in [0.717, 1.165) is 22.6 Å². The van der Waals surface area contributed by atoms with Crippen molar-refractivity contribution in [2.24, 2.45) is 10.2 Å². The Morgan fingerprint density at radius 1 is 0.596 bits per heavy atom. The third-order valence-electron chi connectivity index (χ3n) is 6.62. The molecule has 0 bridgehead atoms. The van der Waals surface area contributed by atoms with Gasteiger partial charge in [0.25, 0.3) is 20.2 Å². The highest BCUT2D eigenvalue weighted by Gasteiger charge is 2.20. The van der Waals surface area contributed by atoms with Crippen molar-refractivity contribution >= 4 is 55.4 Å². The molecule has 2 aromatic carbocycles. The Kier molecular flexibility index (Phi) is 13.8. The zero-order valence-electron chi connectivity index (χ0n) is 27.4. The Hall–Kier alpha value is -5.34. The third kappa shape index (κ3) is 11.6. The molecule has 2 aliphatic heterocycles. The van der Waals surface area contributed by atoms with Crippen molar-refractivity contribution in [3.8, 4) is 0 Å². The molecular weight excluding hydrogens is 729 g/mol. The SMILES string of the molecule is O=S(=O)(O)c1cc(NN2N=C(NCCO)C=C(NCCO)N2)ccc1C=Cc1ccc(NN2N=C(NCCO)C=C(NCCO)N2)cc1S(=O)(=O)O. The van der Waals surface area contributed by atoms with Crippen LogP contribution in [0.2, 0.25) is 0 Å². The number of nitrogens with zero attached hydrogens (tertiary/aromatic N) is 4. The van der Waals surface area contributed by atoms with E-state index in [-0.39, 0.29) is 75.1 Å². The van der Waals surface area contributed by atoms with Crippen LogP contribution in [0.25, 0.3) is 12.2 Å². The van der Waals surface area contributed by atoms with Crippen molar-refractivity contribution in [3.63, 3.8) is 0 Å². The number of amidine groups is 2. The third-order valence-corrected chi connectivity index (χ3v) is 8.43. The predicted molar refractivity (Wildman–Crippen MR) is 190 cm³/mol. The Morgan fingerprint density at radius 2 is 0.962 bits per heavy atom. The maximum Gasteiger partial charge on any atom is 0.295 e. The van der Waals surface area contributed by atoms with Crippen molar-refractivity contribution < 1.29 is 46.4 Å². The summed E-state index contributed by atoms with van der Waals surface area (Å²) in [6.45, 7) is 0.0800. The summed E-state index contributed by atoms with van der Waals surface area (Å²) >= 11 is 0. The van der Waals surface area contributed by atoms with E-state index in [1.54, 1.807) is 12.2 Å². The number of hydrogen-bond donors (Lipinski definition) is 14. The van der Waals surface area contributed by atoms with E-state index in [2.05, 4.69) is 53.2 Å². The molecule has 2 aromatic rings. The molecule has 0 saturated heterocycles. The molecule has 284 valence electrons. The standard InChI is InChI=1S/C28H40N12O10S2/c41-11-7-29-25-17-26(30-8-12-42)36-39(35-25)33-21-5-3-19(23(15-21)51(45,46)47)1-2-20-4-6-22(16-24(20)52(48,49)50)34-40-37-27(31-9-13-43)18-28(38-40)32-10-14-44/h1-6,15-18,29,31,33-35,37,41-44H,7-14H2,(H,30,36)(H,32,38)(H,45,46,47)(H,48,49,50). The van der Waals surface area contributed by atoms with Gasteiger partial charge in [-0.2, -0.15) is 16.8 Å². The van der Waals surface area contributed by atoms with Gasteiger partial charge in [-0.05, 0) is 35.4 Å². The topological polar surface area (TPSA) is 317 Å². The van der Waals surface area contributed by atoms with Crippen molar-refractivity contribution in [2.75, 3.05) is 63.5 Å². The minimum Gasteiger partial charge on any atom is -0.395 e. The van der Waals surface area contributed by atoms with Crippen LogP contribution in [-0.2, 0) is 20.2 Å². The number of anilines is 2. The van der Waals surface area contributed by atoms with Crippen LogP contribution in [0.1, 0.15) is 11.1 Å². The minimum absolute atomic E-state index is 0.0356. The molecule has 4 rings (SSSR count). The predicted octanol–water partition coefficient (Wildman–Crippen LogP) is -2.72. The molecular formula is C28H40N12O10S2. The van der Waals surface area contributed by atoms with Gasteiger partial charge in [-0.25, -0.2) is 10.9 Å². The van der Waals surface area contributed by atoms with E-state index in [1.165, 1.54) is 36.4 Å². The first-order valence-electron chi connectivity index (χ1n) is 15.4. The number of hydrazone groups is 2. The largest absolute Gasteiger partial charge is 0.395 e. The highest BCUT2D eigenvalue weighted by atomic mass is 32.2. The molecule has 0 spiro atoms. The van der Waals surface area contributed by atoms with Crippen LogP contribution < -0.4 is 43.0 Å². The minimum atomic E-state index is -4.83. The molecule has 14 N–H and O–H groups in total. The van der Waals surface area contributed by atoms with Crippen LogP contribution in [0.5, 0.6) is 0 Å². The number of hydrazine groups is 4. The van der Waals surface area contributed by atoms with E-state index in [9.17, 15) is 25.9 Å². The van der Waals surface area contributed by atoms with Gasteiger partial charge in [0.05, 0.1) is 37.8 Å². The van der Waals surface area contributed by atoms with Gasteiger partial charge in [0, 0.05) is 38.3 Å². The number of aliphatic hydroxyl groups is 4. The Balaban J connectivity index is 1.58. The van der Waals surface area contributed by atoms with Crippen molar-refractivity contribution in [2.45, 2.75) is 9.79 Å². The van der Waals surface area contributed by atoms with Crippen LogP contribution >= 0.6 is 0 Å². The molecule has 0 saturated carbocycles. The summed E-state index contributed by atoms with van der Waals surface area (Å²) in [5, 5.41) is 59.0. The fourth-order valence-electron chi connectivity index (χ4n) is 4.45. The maximum atomic E-state index is 12.4. The monoisotopic (exact) mass is 768 g/mol. The first-order chi connectivity index (χ1) is 24.8. The lowest BCUT2D eigenvalue weighted by Gasteiger charge is -2.28. The molecule has 2 heterocycles. The molecule has 0 atom stereocenters. The number of aliphatic hydroxyl groups excluding tert-OH is 4. The van der Waals surface area contributed by atoms with Gasteiger partial charge in [-0.1, -0.05) is 24.3 Å². The first-order valence-corrected chi connectivity index (χ1v) is 18.3. The number of benzene rings is 2. The highest BCUT2D eigenvalue weighted by Crippen LogP contribution is 2.27. The molecule has 0 unspecified atom stereocenters. The van der Waals surface area contributed by atoms with Crippen LogP contribution in [0.3, 0.4) is 0 Å². The van der Waals surface area contributed by atoms with Crippen LogP contribution in [0.15, 0.2) is 80.2 Å². The Bertz CT molecular complexity index is 1800. The normalized spacial score (nSPS) is 14.7. The van der Waals surface area contributed by atoms with Crippen molar-refractivity contribution in [1.29, 1.82) is 0 Å². The second-order valence-corrected chi connectivity index (χ2v) is 13.3. The fraction of sp³-hybridized carbons (Fsp3) is 0.286. The van der Waals surface area contributed by atoms with Gasteiger partial charge in [-0.3, -0.25) is 20.0 Å². The lowest BCUT2D eigenvalue weighted by atomic mass is 10.1. The summed E-state index contributed by atoms with van der Waals surface area (Å²) in [6, 6.07) is 7.80. The molecule has 0 fully saturated rings. The van der Waals surface area contributed by atoms with Gasteiger partial charge < -0.3 is 41.7 Å². The highest BCUT2D eigenvalue weighted by molar-refractivity contribution is 7.86. The number of rotatable bonds is 18. The van der Waals surface area contributed by atoms with Crippen LogP contribution in [0, 0.1) is 0 Å². The first kappa shape index (κ1) is 39.4. The van der Waals surface area contributed by atoms with Crippen LogP contribution in [-0.4, -0.2) is 121 Å². The Morgan fingerprint density at radius 3 is 1.31 bits per heavy atom. The summed E-state index contributed by atoms with van der Waals surface area (Å²) < 4.78 is 69.8. The van der Waals surface area contributed by atoms with Gasteiger partial charge in [0.2, 0.25) is 0 Å². The van der Waals surface area contributed by atoms with E-state index >= 15 is 0 Å². The van der Waals surface area contributed by atoms with E-state index < -0.39 is 30.0 Å². The Labute approximate surface area is 298 Å². The van der Waals surface area contributed by atoms with Gasteiger partial charge in [0.1, 0.15) is 21.4 Å². The van der Waals surface area contributed by atoms with E-state index in [4.69, 9.17) is 20.4 Å². The molecule has 52 heavy (non-hydrogen) atoms. The van der Waals surface area contributed by atoms with E-state index in [1.807, 2.05) is 0 Å². The van der Waals surface area contributed by atoms with Crippen molar-refractivity contribution in [1.82, 2.24) is 42.6 Å². The average Bonchev–Trinajstić information content (AvgIpc) is 3.10. The van der Waals surface area contributed by atoms with Crippen molar-refractivity contribution in [3.05, 3.63) is 71.3 Å². The quantitative estimate of drug-likeness (QED) is 0.0541. The molecule has 24 heteroatoms. The van der Waals surface area contributed by atoms with Gasteiger partial charge >= 0.3 is 0 Å². The van der Waals surface area contributed by atoms with Gasteiger partial charge in [0.15, 0.2) is 11.7 Å². The second-order valence-electron chi connectivity index (χ2n) is 10.5. The maximum absolute atomic E-state index is 12.4. The molecule has 0 radical (unpaired) electrons. The van der Waals surface area contributed by atoms with Crippen LogP contribution in [0.4, 0.5) is 11.4 Å². The molecule has 2 aliphatic rings. The summed E-state index contributed by atoms with van der Waals surface area (Å²) in [6.07, 6.45) is 5.61. The lowest BCUT2D eigenvalue weighted by Crippen LogP contribution is -2.47. The zero-order chi connectivity index (χ0) is 37.7. The summed E-state index contributed by atoms with van der Waals surface area (Å²) in [5.74, 6) is 1.42.